The van der Waals surface area contributed by atoms with Gasteiger partial charge in [-0.15, -0.1) is 0 Å². The molecule has 0 saturated heterocycles. The molecule has 0 bridgehead atoms. The predicted molar refractivity (Wildman–Crippen MR) is 86.8 cm³/mol. The van der Waals surface area contributed by atoms with Crippen LogP contribution in [0.2, 0.25) is 5.15 Å². The molecule has 1 saturated carbocycles. The summed E-state index contributed by atoms with van der Waals surface area (Å²) in [4.78, 5) is 27.2. The van der Waals surface area contributed by atoms with Crippen LogP contribution in [0.25, 0.3) is 11.1 Å². The quantitative estimate of drug-likeness (QED) is 0.840. The molecule has 2 aromatic rings. The van der Waals surface area contributed by atoms with Crippen molar-refractivity contribution in [1.82, 2.24) is 9.55 Å². The van der Waals surface area contributed by atoms with E-state index in [0.29, 0.717) is 23.6 Å². The van der Waals surface area contributed by atoms with Crippen LogP contribution in [0.4, 0.5) is 0 Å². The van der Waals surface area contributed by atoms with Gasteiger partial charge in [0.1, 0.15) is 5.15 Å². The van der Waals surface area contributed by atoms with E-state index in [0.717, 1.165) is 10.9 Å². The van der Waals surface area contributed by atoms with Crippen LogP contribution in [0.5, 0.6) is 0 Å². The summed E-state index contributed by atoms with van der Waals surface area (Å²) in [6.45, 7) is 0.438. The van der Waals surface area contributed by atoms with Gasteiger partial charge in [-0.3, -0.25) is 14.3 Å². The Morgan fingerprint density at radius 1 is 1.29 bits per heavy atom. The lowest BCUT2D eigenvalue weighted by Crippen LogP contribution is -2.36. The average molecular weight is 370 g/mol. The first kappa shape index (κ1) is 14.6. The Kier molecular flexibility index (Phi) is 4.04. The molecule has 1 fully saturated rings. The number of hydrogen-bond donors (Lipinski definition) is 1. The first-order chi connectivity index (χ1) is 10.1. The molecule has 1 aromatic heterocycles. The molecule has 4 nitrogen and oxygen atoms in total. The third kappa shape index (κ3) is 2.99. The van der Waals surface area contributed by atoms with Crippen LogP contribution in [0.15, 0.2) is 38.3 Å². The molecule has 1 N–H and O–H groups in total. The Balaban J connectivity index is 2.12. The summed E-state index contributed by atoms with van der Waals surface area (Å²) in [6, 6.07) is 7.33. The minimum absolute atomic E-state index is 0.0829. The molecule has 1 heterocycles. The van der Waals surface area contributed by atoms with Gasteiger partial charge in [-0.25, -0.2) is 4.79 Å². The standard InChI is InChI=1S/C15H14BrClN2O2/c16-11-4-2-1-3-10(11)12-13(17)18-15(21)19(14(12)20)8-7-9-5-6-9/h1-4,9H,5-8H2,(H,18,21). The number of rotatable bonds is 4. The van der Waals surface area contributed by atoms with Crippen molar-refractivity contribution in [3.63, 3.8) is 0 Å². The van der Waals surface area contributed by atoms with Gasteiger partial charge in [0, 0.05) is 16.6 Å². The summed E-state index contributed by atoms with van der Waals surface area (Å²) >= 11 is 9.52. The minimum Gasteiger partial charge on any atom is -0.297 e. The van der Waals surface area contributed by atoms with Crippen LogP contribution in [0.1, 0.15) is 19.3 Å². The van der Waals surface area contributed by atoms with Gasteiger partial charge in [-0.05, 0) is 18.4 Å². The first-order valence-electron chi connectivity index (χ1n) is 6.85. The van der Waals surface area contributed by atoms with Crippen molar-refractivity contribution in [3.8, 4) is 11.1 Å². The van der Waals surface area contributed by atoms with Crippen LogP contribution >= 0.6 is 27.5 Å². The van der Waals surface area contributed by atoms with Gasteiger partial charge in [-0.1, -0.05) is 58.6 Å². The summed E-state index contributed by atoms with van der Waals surface area (Å²) in [7, 11) is 0. The van der Waals surface area contributed by atoms with Crippen molar-refractivity contribution >= 4 is 27.5 Å². The zero-order chi connectivity index (χ0) is 15.0. The highest BCUT2D eigenvalue weighted by Gasteiger charge is 2.22. The number of aromatic nitrogens is 2. The smallest absolute Gasteiger partial charge is 0.297 e. The van der Waals surface area contributed by atoms with E-state index < -0.39 is 5.69 Å². The fourth-order valence-electron chi connectivity index (χ4n) is 2.36. The Labute approximate surface area is 134 Å². The molecule has 0 spiro atoms. The summed E-state index contributed by atoms with van der Waals surface area (Å²) < 4.78 is 2.02. The molecule has 110 valence electrons. The highest BCUT2D eigenvalue weighted by Crippen LogP contribution is 2.33. The van der Waals surface area contributed by atoms with Gasteiger partial charge in [0.2, 0.25) is 0 Å². The summed E-state index contributed by atoms with van der Waals surface area (Å²) in [5, 5.41) is 0.0829. The second kappa shape index (κ2) is 5.81. The van der Waals surface area contributed by atoms with E-state index in [9.17, 15) is 9.59 Å². The van der Waals surface area contributed by atoms with Gasteiger partial charge in [0.15, 0.2) is 0 Å². The van der Waals surface area contributed by atoms with E-state index in [2.05, 4.69) is 20.9 Å². The summed E-state index contributed by atoms with van der Waals surface area (Å²) in [5.41, 5.74) is 0.237. The Morgan fingerprint density at radius 2 is 2.00 bits per heavy atom. The van der Waals surface area contributed by atoms with Crippen LogP contribution in [0, 0.1) is 5.92 Å². The lowest BCUT2D eigenvalue weighted by Gasteiger charge is -2.10. The van der Waals surface area contributed by atoms with Gasteiger partial charge in [0.05, 0.1) is 5.56 Å². The second-order valence-corrected chi connectivity index (χ2v) is 6.52. The molecule has 0 atom stereocenters. The average Bonchev–Trinajstić information content (AvgIpc) is 3.24. The number of H-pyrrole nitrogens is 1. The highest BCUT2D eigenvalue weighted by molar-refractivity contribution is 9.10. The normalized spacial score (nSPS) is 14.4. The lowest BCUT2D eigenvalue weighted by molar-refractivity contribution is 0.558. The van der Waals surface area contributed by atoms with E-state index in [4.69, 9.17) is 11.6 Å². The number of nitrogens with one attached hydrogen (secondary N) is 1. The molecule has 0 aliphatic heterocycles. The number of benzene rings is 1. The SMILES string of the molecule is O=c1[nH]c(Cl)c(-c2ccccc2Br)c(=O)n1CCC1CC1. The van der Waals surface area contributed by atoms with Gasteiger partial charge < -0.3 is 0 Å². The summed E-state index contributed by atoms with van der Waals surface area (Å²) in [5.74, 6) is 0.652. The third-order valence-corrected chi connectivity index (χ3v) is 4.72. The maximum atomic E-state index is 12.6. The van der Waals surface area contributed by atoms with Crippen molar-refractivity contribution in [3.05, 3.63) is 54.7 Å². The van der Waals surface area contributed by atoms with Gasteiger partial charge in [0.25, 0.3) is 5.56 Å². The molecule has 0 unspecified atom stereocenters. The van der Waals surface area contributed by atoms with Crippen molar-refractivity contribution in [2.24, 2.45) is 5.92 Å². The number of hydrogen-bond acceptors (Lipinski definition) is 2. The minimum atomic E-state index is -0.443. The zero-order valence-electron chi connectivity index (χ0n) is 11.2. The van der Waals surface area contributed by atoms with Crippen LogP contribution < -0.4 is 11.2 Å². The zero-order valence-corrected chi connectivity index (χ0v) is 13.6. The molecular formula is C15H14BrClN2O2. The van der Waals surface area contributed by atoms with Gasteiger partial charge >= 0.3 is 5.69 Å². The third-order valence-electron chi connectivity index (χ3n) is 3.74. The lowest BCUT2D eigenvalue weighted by atomic mass is 10.1. The number of nitrogens with zero attached hydrogens (tertiary/aromatic N) is 1. The van der Waals surface area contributed by atoms with Crippen LogP contribution in [-0.2, 0) is 6.54 Å². The van der Waals surface area contributed by atoms with E-state index in [-0.39, 0.29) is 10.7 Å². The summed E-state index contributed by atoms with van der Waals surface area (Å²) in [6.07, 6.45) is 3.24. The fourth-order valence-corrected chi connectivity index (χ4v) is 3.11. The molecule has 0 radical (unpaired) electrons. The molecule has 0 amide bonds. The predicted octanol–water partition coefficient (Wildman–Crippen LogP) is 3.42. The fraction of sp³-hybridized carbons (Fsp3) is 0.333. The first-order valence-corrected chi connectivity index (χ1v) is 8.02. The van der Waals surface area contributed by atoms with Crippen molar-refractivity contribution < 1.29 is 0 Å². The van der Waals surface area contributed by atoms with E-state index in [1.807, 2.05) is 18.2 Å². The highest BCUT2D eigenvalue weighted by atomic mass is 79.9. The van der Waals surface area contributed by atoms with Crippen LogP contribution in [0.3, 0.4) is 0 Å². The molecule has 1 aliphatic rings. The largest absolute Gasteiger partial charge is 0.329 e. The van der Waals surface area contributed by atoms with Crippen molar-refractivity contribution in [2.45, 2.75) is 25.8 Å². The molecular weight excluding hydrogens is 356 g/mol. The maximum absolute atomic E-state index is 12.6. The van der Waals surface area contributed by atoms with E-state index in [1.54, 1.807) is 6.07 Å². The van der Waals surface area contributed by atoms with E-state index in [1.165, 1.54) is 17.4 Å². The topological polar surface area (TPSA) is 54.9 Å². The van der Waals surface area contributed by atoms with E-state index >= 15 is 0 Å². The van der Waals surface area contributed by atoms with Gasteiger partial charge in [-0.2, -0.15) is 0 Å². The van der Waals surface area contributed by atoms with Crippen molar-refractivity contribution in [2.75, 3.05) is 0 Å². The monoisotopic (exact) mass is 368 g/mol. The molecule has 21 heavy (non-hydrogen) atoms. The molecule has 6 heteroatoms. The number of halogens is 2. The second-order valence-electron chi connectivity index (χ2n) is 5.29. The molecule has 1 aliphatic carbocycles. The maximum Gasteiger partial charge on any atom is 0.329 e. The molecule has 1 aromatic carbocycles. The van der Waals surface area contributed by atoms with Crippen molar-refractivity contribution in [1.29, 1.82) is 0 Å². The Bertz CT molecular complexity index is 793. The number of aromatic amines is 1. The molecule has 3 rings (SSSR count). The van der Waals surface area contributed by atoms with Crippen LogP contribution in [-0.4, -0.2) is 9.55 Å². The Morgan fingerprint density at radius 3 is 2.67 bits per heavy atom. The Hall–Kier alpha value is -1.33.